The van der Waals surface area contributed by atoms with Crippen LogP contribution in [0, 0.1) is 11.3 Å². The fraction of sp³-hybridized carbons (Fsp3) is 0. The van der Waals surface area contributed by atoms with Gasteiger partial charge < -0.3 is 4.42 Å². The Morgan fingerprint density at radius 3 is 0.584 bits per heavy atom. The van der Waals surface area contributed by atoms with Gasteiger partial charge in [0.05, 0.1) is 78.9 Å². The standard InChI is InChI=1S/C48H30N6O.C42H26N6.C41H27N5/c1-4-14-31(15-5-1)45-52-46(32-16-6-2-7-17-32)54-47(53-45)38-23-13-22-37(29-38)44-43(49-39-24-10-11-25-40(39)50-44)36-21-12-20-34(28-36)35-26-27-42-41(30-35)51-48(55-42)33-18-8-3-9-19-33;43-27-28-21-23-29(24-22-28)32-15-9-16-33(25-32)38-39(45-37-20-8-7-19-36(37)44-38)34-17-10-18-35(26-34)42-47-40(30-11-3-1-4-12-30)46-41(48-42)31-13-5-2-6-14-31;1-4-14-28(15-5-1)31-20-12-21-32(26-31)37-38(43-36-25-11-10-24-35(36)42-37)33-22-13-23-34(27-33)41-45-39(29-16-6-2-7-17-29)44-40(46-41)30-18-8-3-9-19-30/h1-30H;1-26H;1-27H. The molecule has 0 unspecified atom stereocenters. The van der Waals surface area contributed by atoms with Gasteiger partial charge in [-0.25, -0.2) is 79.7 Å². The third-order valence-corrected chi connectivity index (χ3v) is 25.6. The average Bonchev–Trinajstić information content (AvgIpc) is 1.05. The molecule has 0 aliphatic heterocycles. The Balaban J connectivity index is 0.000000120. The smallest absolute Gasteiger partial charge is 0.227 e. The van der Waals surface area contributed by atoms with Gasteiger partial charge in [-0.3, -0.25) is 0 Å². The highest BCUT2D eigenvalue weighted by Crippen LogP contribution is 2.42. The summed E-state index contributed by atoms with van der Waals surface area (Å²) in [6, 6.07) is 170. The van der Waals surface area contributed by atoms with Crippen LogP contribution in [-0.2, 0) is 0 Å². The lowest BCUT2D eigenvalue weighted by Crippen LogP contribution is -2.00. The highest BCUT2D eigenvalue weighted by Gasteiger charge is 2.25. The Labute approximate surface area is 857 Å². The largest absolute Gasteiger partial charge is 0.436 e. The lowest BCUT2D eigenvalue weighted by Gasteiger charge is -2.13. The zero-order valence-electron chi connectivity index (χ0n) is 79.9. The van der Waals surface area contributed by atoms with Crippen molar-refractivity contribution in [3.05, 3.63) is 509 Å². The van der Waals surface area contributed by atoms with Crippen LogP contribution in [0.3, 0.4) is 0 Å². The molecule has 19 aromatic carbocycles. The molecule has 7 aromatic heterocycles. The molecule has 0 aliphatic rings. The molecule has 0 atom stereocenters. The monoisotopic (exact) mass is 1910 g/mol. The minimum absolute atomic E-state index is 0.572. The summed E-state index contributed by atoms with van der Waals surface area (Å²) in [7, 11) is 0. The number of nitrogens with zero attached hydrogens (tertiary/aromatic N) is 17. The van der Waals surface area contributed by atoms with Crippen molar-refractivity contribution >= 4 is 44.2 Å². The summed E-state index contributed by atoms with van der Waals surface area (Å²) in [5.74, 6) is 6.02. The van der Waals surface area contributed by atoms with Gasteiger partial charge in [0.25, 0.3) is 0 Å². The lowest BCUT2D eigenvalue weighted by atomic mass is 9.97. The predicted octanol–water partition coefficient (Wildman–Crippen LogP) is 31.1. The lowest BCUT2D eigenvalue weighted by molar-refractivity contribution is 0.620. The molecule has 0 aliphatic carbocycles. The fourth-order valence-corrected chi connectivity index (χ4v) is 18.2. The molecule has 698 valence electrons. The summed E-state index contributed by atoms with van der Waals surface area (Å²) >= 11 is 0. The molecule has 0 amide bonds. The Morgan fingerprint density at radius 2 is 0.322 bits per heavy atom. The van der Waals surface area contributed by atoms with Crippen molar-refractivity contribution in [2.24, 2.45) is 0 Å². The third-order valence-electron chi connectivity index (χ3n) is 25.6. The first-order chi connectivity index (χ1) is 73.7. The number of aromatic nitrogens is 16. The van der Waals surface area contributed by atoms with Crippen molar-refractivity contribution in [2.45, 2.75) is 0 Å². The molecule has 18 nitrogen and oxygen atoms in total. The van der Waals surface area contributed by atoms with E-state index in [1.54, 1.807) is 0 Å². The molecule has 18 heteroatoms. The Hall–Kier alpha value is -20.8. The minimum atomic E-state index is 0.572. The summed E-state index contributed by atoms with van der Waals surface area (Å²) in [4.78, 5) is 80.2. The van der Waals surface area contributed by atoms with Crippen LogP contribution in [0.1, 0.15) is 5.56 Å². The Bertz CT molecular complexity index is 9290. The number of hydrogen-bond acceptors (Lipinski definition) is 18. The van der Waals surface area contributed by atoms with Crippen LogP contribution < -0.4 is 0 Å². The number of rotatable bonds is 19. The van der Waals surface area contributed by atoms with Gasteiger partial charge >= 0.3 is 0 Å². The summed E-state index contributed by atoms with van der Waals surface area (Å²) in [6.45, 7) is 0. The number of nitriles is 1. The number of para-hydroxylation sites is 6. The first-order valence-corrected chi connectivity index (χ1v) is 48.8. The molecule has 0 spiro atoms. The molecule has 149 heavy (non-hydrogen) atoms. The molecule has 7 heterocycles. The second-order valence-corrected chi connectivity index (χ2v) is 35.5. The van der Waals surface area contributed by atoms with E-state index in [0.717, 1.165) is 201 Å². The SMILES string of the molecule is N#Cc1ccc(-c2cccc(-c3nc4ccccc4nc3-c3cccc(-c4nc(-c5ccccc5)nc(-c5ccccc5)n4)c3)c2)cc1.c1ccc(-c2cccc(-c3nc4ccccc4nc3-c3cccc(-c4nc(-c5ccccc5)nc(-c5ccccc5)n4)c3)c2)cc1.c1ccc(-c2nc(-c3ccccc3)nc(-c3cccc(-c4nc5ccccc5nc4-c4cccc(-c5ccc6oc(-c7ccccc7)nc6c5)c4)c3)n2)cc1. The molecule has 0 fully saturated rings. The first-order valence-electron chi connectivity index (χ1n) is 48.8. The normalized spacial score (nSPS) is 11.1. The molecular weight excluding hydrogens is 1830 g/mol. The maximum Gasteiger partial charge on any atom is 0.227 e. The summed E-state index contributed by atoms with van der Waals surface area (Å²) < 4.78 is 6.10. The average molecular weight is 1910 g/mol. The topological polar surface area (TPSA) is 243 Å². The van der Waals surface area contributed by atoms with E-state index in [2.05, 4.69) is 140 Å². The van der Waals surface area contributed by atoms with Crippen LogP contribution in [0.25, 0.3) is 259 Å². The highest BCUT2D eigenvalue weighted by molar-refractivity contribution is 5.94. The van der Waals surface area contributed by atoms with Gasteiger partial charge in [0.2, 0.25) is 5.89 Å². The molecule has 0 saturated carbocycles. The van der Waals surface area contributed by atoms with Crippen LogP contribution in [0.2, 0.25) is 0 Å². The van der Waals surface area contributed by atoms with Crippen molar-refractivity contribution < 1.29 is 4.42 Å². The number of benzene rings is 19. The van der Waals surface area contributed by atoms with E-state index in [1.807, 2.05) is 370 Å². The van der Waals surface area contributed by atoms with Gasteiger partial charge in [0.15, 0.2) is 58.0 Å². The molecular formula is C131H83N17O. The van der Waals surface area contributed by atoms with Gasteiger partial charge in [-0.1, -0.05) is 394 Å². The predicted molar refractivity (Wildman–Crippen MR) is 594 cm³/mol. The van der Waals surface area contributed by atoms with E-state index in [9.17, 15) is 5.26 Å². The van der Waals surface area contributed by atoms with Crippen LogP contribution in [0.5, 0.6) is 0 Å². The highest BCUT2D eigenvalue weighted by atomic mass is 16.3. The van der Waals surface area contributed by atoms with E-state index in [-0.39, 0.29) is 0 Å². The maximum absolute atomic E-state index is 9.26. The van der Waals surface area contributed by atoms with Crippen molar-refractivity contribution in [3.8, 4) is 221 Å². The van der Waals surface area contributed by atoms with Crippen LogP contribution in [-0.4, -0.2) is 79.7 Å². The van der Waals surface area contributed by atoms with E-state index in [0.29, 0.717) is 63.9 Å². The molecule has 0 N–H and O–H groups in total. The second-order valence-electron chi connectivity index (χ2n) is 35.5. The zero-order chi connectivity index (χ0) is 99.6. The van der Waals surface area contributed by atoms with Gasteiger partial charge in [0, 0.05) is 89.0 Å². The molecule has 0 radical (unpaired) electrons. The van der Waals surface area contributed by atoms with E-state index in [4.69, 9.17) is 84.2 Å². The fourth-order valence-electron chi connectivity index (χ4n) is 18.2. The molecule has 0 saturated heterocycles. The zero-order valence-corrected chi connectivity index (χ0v) is 79.9. The number of oxazole rings is 1. The second kappa shape index (κ2) is 41.4. The van der Waals surface area contributed by atoms with E-state index >= 15 is 0 Å². The van der Waals surface area contributed by atoms with Crippen LogP contribution >= 0.6 is 0 Å². The van der Waals surface area contributed by atoms with E-state index < -0.39 is 0 Å². The maximum atomic E-state index is 9.26. The molecule has 26 aromatic rings. The van der Waals surface area contributed by atoms with Crippen molar-refractivity contribution in [2.75, 3.05) is 0 Å². The van der Waals surface area contributed by atoms with Gasteiger partial charge in [-0.05, 0) is 143 Å². The first kappa shape index (κ1) is 90.7. The quantitative estimate of drug-likeness (QED) is 0.0730. The van der Waals surface area contributed by atoms with E-state index in [1.165, 1.54) is 0 Å². The van der Waals surface area contributed by atoms with Crippen molar-refractivity contribution in [1.29, 1.82) is 5.26 Å². The number of fused-ring (bicyclic) bond motifs is 4. The Kier molecular flexibility index (Phi) is 25.2. The van der Waals surface area contributed by atoms with Gasteiger partial charge in [0.1, 0.15) is 5.52 Å². The van der Waals surface area contributed by atoms with Crippen molar-refractivity contribution in [3.63, 3.8) is 0 Å². The summed E-state index contributed by atoms with van der Waals surface area (Å²) in [6.07, 6.45) is 0. The number of hydrogen-bond donors (Lipinski definition) is 0. The van der Waals surface area contributed by atoms with Gasteiger partial charge in [-0.15, -0.1) is 0 Å². The summed E-state index contributed by atoms with van der Waals surface area (Å²) in [5.41, 5.74) is 32.8. The Morgan fingerprint density at radius 1 is 0.134 bits per heavy atom. The molecule has 0 bridgehead atoms. The van der Waals surface area contributed by atoms with Crippen molar-refractivity contribution in [1.82, 2.24) is 79.7 Å². The summed E-state index contributed by atoms with van der Waals surface area (Å²) in [5, 5.41) is 9.26. The minimum Gasteiger partial charge on any atom is -0.436 e. The third kappa shape index (κ3) is 19.8. The van der Waals surface area contributed by atoms with Crippen LogP contribution in [0.15, 0.2) is 508 Å². The molecule has 26 rings (SSSR count). The van der Waals surface area contributed by atoms with Gasteiger partial charge in [-0.2, -0.15) is 5.26 Å². The van der Waals surface area contributed by atoms with Crippen LogP contribution in [0.4, 0.5) is 0 Å².